The van der Waals surface area contributed by atoms with Gasteiger partial charge in [-0.25, -0.2) is 0 Å². The highest BCUT2D eigenvalue weighted by Gasteiger charge is 2.41. The molecule has 17 heavy (non-hydrogen) atoms. The van der Waals surface area contributed by atoms with Gasteiger partial charge < -0.3 is 4.74 Å². The standard InChI is InChI=1S/C10H6F6O/c11-9(12,13)5-1-2-6(8-4-17-8)7(3-5)10(14,15)16/h1-3,8H,4H2/t8-/m1/s1. The Kier molecular flexibility index (Phi) is 2.61. The first-order chi connectivity index (χ1) is 7.69. The van der Waals surface area contributed by atoms with E-state index in [1.54, 1.807) is 0 Å². The van der Waals surface area contributed by atoms with Crippen molar-refractivity contribution < 1.29 is 31.1 Å². The Balaban J connectivity index is 2.50. The van der Waals surface area contributed by atoms with Gasteiger partial charge in [-0.1, -0.05) is 6.07 Å². The molecular weight excluding hydrogens is 250 g/mol. The number of halogens is 6. The molecule has 0 bridgehead atoms. The molecule has 7 heteroatoms. The number of hydrogen-bond acceptors (Lipinski definition) is 1. The smallest absolute Gasteiger partial charge is 0.368 e. The molecule has 1 nitrogen and oxygen atoms in total. The molecule has 0 spiro atoms. The summed E-state index contributed by atoms with van der Waals surface area (Å²) in [6.07, 6.45) is -10.3. The molecule has 1 fully saturated rings. The largest absolute Gasteiger partial charge is 0.416 e. The Labute approximate surface area is 92.0 Å². The number of rotatable bonds is 1. The molecule has 1 saturated heterocycles. The molecule has 0 aliphatic carbocycles. The fourth-order valence-electron chi connectivity index (χ4n) is 1.49. The average Bonchev–Trinajstić information content (AvgIpc) is 2.97. The van der Waals surface area contributed by atoms with E-state index in [0.29, 0.717) is 6.07 Å². The van der Waals surface area contributed by atoms with E-state index in [2.05, 4.69) is 4.74 Å². The van der Waals surface area contributed by atoms with Crippen LogP contribution < -0.4 is 0 Å². The van der Waals surface area contributed by atoms with Gasteiger partial charge in [0.2, 0.25) is 0 Å². The fourth-order valence-corrected chi connectivity index (χ4v) is 1.49. The third-order valence-corrected chi connectivity index (χ3v) is 2.37. The topological polar surface area (TPSA) is 12.5 Å². The second-order valence-electron chi connectivity index (χ2n) is 3.62. The predicted molar refractivity (Wildman–Crippen MR) is 45.1 cm³/mol. The number of benzene rings is 1. The summed E-state index contributed by atoms with van der Waals surface area (Å²) in [6, 6.07) is 1.58. The van der Waals surface area contributed by atoms with Gasteiger partial charge >= 0.3 is 12.4 Å². The molecular formula is C10H6F6O. The molecule has 1 heterocycles. The SMILES string of the molecule is FC(F)(F)c1ccc([C@H]2CO2)c(C(F)(F)F)c1. The monoisotopic (exact) mass is 256 g/mol. The van der Waals surface area contributed by atoms with E-state index in [1.807, 2.05) is 0 Å². The summed E-state index contributed by atoms with van der Waals surface area (Å²) in [6.45, 7) is 0.106. The van der Waals surface area contributed by atoms with Crippen LogP contribution >= 0.6 is 0 Å². The Hall–Kier alpha value is -1.24. The first kappa shape index (κ1) is 12.2. The normalized spacial score (nSPS) is 20.5. The number of hydrogen-bond donors (Lipinski definition) is 0. The summed E-state index contributed by atoms with van der Waals surface area (Å²) in [5, 5.41) is 0. The van der Waals surface area contributed by atoms with Crippen LogP contribution in [0.2, 0.25) is 0 Å². The Morgan fingerprint density at radius 2 is 1.59 bits per heavy atom. The summed E-state index contributed by atoms with van der Waals surface area (Å²) < 4.78 is 79.3. The van der Waals surface area contributed by atoms with Crippen molar-refractivity contribution in [2.45, 2.75) is 18.5 Å². The molecule has 0 radical (unpaired) electrons. The van der Waals surface area contributed by atoms with Crippen molar-refractivity contribution in [3.05, 3.63) is 34.9 Å². The van der Waals surface area contributed by atoms with E-state index in [1.165, 1.54) is 0 Å². The van der Waals surface area contributed by atoms with Crippen molar-refractivity contribution in [3.8, 4) is 0 Å². The van der Waals surface area contributed by atoms with Crippen LogP contribution in [0.15, 0.2) is 18.2 Å². The number of alkyl halides is 6. The van der Waals surface area contributed by atoms with Crippen LogP contribution in [0.1, 0.15) is 22.8 Å². The van der Waals surface area contributed by atoms with E-state index in [4.69, 9.17) is 0 Å². The highest BCUT2D eigenvalue weighted by atomic mass is 19.4. The maximum Gasteiger partial charge on any atom is 0.416 e. The van der Waals surface area contributed by atoms with Crippen molar-refractivity contribution in [2.75, 3.05) is 6.61 Å². The van der Waals surface area contributed by atoms with E-state index in [-0.39, 0.29) is 18.2 Å². The summed E-state index contributed by atoms with van der Waals surface area (Å²) in [5.74, 6) is 0. The zero-order valence-electron chi connectivity index (χ0n) is 8.19. The minimum absolute atomic E-state index is 0.106. The molecule has 0 saturated carbocycles. The Morgan fingerprint density at radius 3 is 2.00 bits per heavy atom. The van der Waals surface area contributed by atoms with Gasteiger partial charge in [-0.2, -0.15) is 26.3 Å². The third kappa shape index (κ3) is 2.54. The highest BCUT2D eigenvalue weighted by Crippen LogP contribution is 2.42. The molecule has 1 aromatic carbocycles. The van der Waals surface area contributed by atoms with Gasteiger partial charge in [0.1, 0.15) is 6.10 Å². The van der Waals surface area contributed by atoms with Crippen molar-refractivity contribution in [3.63, 3.8) is 0 Å². The van der Waals surface area contributed by atoms with Gasteiger partial charge in [-0.05, 0) is 17.7 Å². The average molecular weight is 256 g/mol. The van der Waals surface area contributed by atoms with Crippen LogP contribution in [0, 0.1) is 0 Å². The zero-order chi connectivity index (χ0) is 12.8. The van der Waals surface area contributed by atoms with Gasteiger partial charge in [0, 0.05) is 0 Å². The first-order valence-electron chi connectivity index (χ1n) is 4.59. The van der Waals surface area contributed by atoms with Crippen molar-refractivity contribution >= 4 is 0 Å². The van der Waals surface area contributed by atoms with Crippen LogP contribution in [0.25, 0.3) is 0 Å². The molecule has 0 unspecified atom stereocenters. The van der Waals surface area contributed by atoms with Gasteiger partial charge in [0.05, 0.1) is 17.7 Å². The predicted octanol–water partition coefficient (Wildman–Crippen LogP) is 3.80. The molecule has 0 N–H and O–H groups in total. The summed E-state index contributed by atoms with van der Waals surface area (Å²) in [7, 11) is 0. The summed E-state index contributed by atoms with van der Waals surface area (Å²) in [4.78, 5) is 0. The van der Waals surface area contributed by atoms with Crippen LogP contribution in [0.4, 0.5) is 26.3 Å². The summed E-state index contributed by atoms with van der Waals surface area (Å²) >= 11 is 0. The lowest BCUT2D eigenvalue weighted by molar-refractivity contribution is -0.143. The lowest BCUT2D eigenvalue weighted by Crippen LogP contribution is -2.13. The van der Waals surface area contributed by atoms with Crippen LogP contribution in [0.5, 0.6) is 0 Å². The second kappa shape index (κ2) is 3.63. The highest BCUT2D eigenvalue weighted by molar-refractivity contribution is 5.38. The lowest BCUT2D eigenvalue weighted by atomic mass is 10.0. The van der Waals surface area contributed by atoms with Crippen molar-refractivity contribution in [1.29, 1.82) is 0 Å². The molecule has 1 aliphatic rings. The summed E-state index contributed by atoms with van der Waals surface area (Å²) in [5.41, 5.74) is -2.84. The molecule has 0 aromatic heterocycles. The molecule has 1 aromatic rings. The van der Waals surface area contributed by atoms with E-state index in [0.717, 1.165) is 6.07 Å². The van der Waals surface area contributed by atoms with Crippen molar-refractivity contribution in [2.24, 2.45) is 0 Å². The van der Waals surface area contributed by atoms with Crippen molar-refractivity contribution in [1.82, 2.24) is 0 Å². The maximum atomic E-state index is 12.6. The molecule has 1 aliphatic heterocycles. The quantitative estimate of drug-likeness (QED) is 0.550. The first-order valence-corrected chi connectivity index (χ1v) is 4.59. The minimum Gasteiger partial charge on any atom is -0.368 e. The van der Waals surface area contributed by atoms with Gasteiger partial charge in [-0.15, -0.1) is 0 Å². The Morgan fingerprint density at radius 1 is 1.00 bits per heavy atom. The molecule has 2 rings (SSSR count). The Bertz CT molecular complexity index is 429. The van der Waals surface area contributed by atoms with E-state index in [9.17, 15) is 26.3 Å². The van der Waals surface area contributed by atoms with E-state index < -0.39 is 29.6 Å². The van der Waals surface area contributed by atoms with Crippen LogP contribution in [-0.2, 0) is 17.1 Å². The van der Waals surface area contributed by atoms with Gasteiger partial charge in [0.15, 0.2) is 0 Å². The fraction of sp³-hybridized carbons (Fsp3) is 0.400. The van der Waals surface area contributed by atoms with Gasteiger partial charge in [0.25, 0.3) is 0 Å². The molecule has 0 amide bonds. The van der Waals surface area contributed by atoms with Crippen LogP contribution in [-0.4, -0.2) is 6.61 Å². The minimum atomic E-state index is -4.82. The number of epoxide rings is 1. The molecule has 94 valence electrons. The second-order valence-corrected chi connectivity index (χ2v) is 3.62. The zero-order valence-corrected chi connectivity index (χ0v) is 8.19. The van der Waals surface area contributed by atoms with Gasteiger partial charge in [-0.3, -0.25) is 0 Å². The molecule has 1 atom stereocenters. The lowest BCUT2D eigenvalue weighted by Gasteiger charge is -2.14. The van der Waals surface area contributed by atoms with E-state index >= 15 is 0 Å². The maximum absolute atomic E-state index is 12.6. The number of ether oxygens (including phenoxy) is 1. The third-order valence-electron chi connectivity index (χ3n) is 2.37. The van der Waals surface area contributed by atoms with Crippen LogP contribution in [0.3, 0.4) is 0 Å².